The highest BCUT2D eigenvalue weighted by Crippen LogP contribution is 2.31. The molecule has 0 aliphatic rings. The lowest BCUT2D eigenvalue weighted by Gasteiger charge is -2.35. The van der Waals surface area contributed by atoms with Crippen LogP contribution in [-0.2, 0) is 11.6 Å². The monoisotopic (exact) mass is 338 g/mol. The minimum absolute atomic E-state index is 0.331. The van der Waals surface area contributed by atoms with Crippen molar-refractivity contribution < 1.29 is 10.0 Å². The predicted molar refractivity (Wildman–Crippen MR) is 101 cm³/mol. The quantitative estimate of drug-likeness (QED) is 0.526. The van der Waals surface area contributed by atoms with Gasteiger partial charge in [0.2, 0.25) is 0 Å². The van der Waals surface area contributed by atoms with Crippen LogP contribution in [0.3, 0.4) is 0 Å². The molecule has 0 amide bonds. The van der Waals surface area contributed by atoms with E-state index < -0.39 is 5.54 Å². The van der Waals surface area contributed by atoms with E-state index in [1.165, 1.54) is 5.56 Å². The molecule has 3 heteroatoms. The van der Waals surface area contributed by atoms with Crippen molar-refractivity contribution >= 4 is 6.29 Å². The van der Waals surface area contributed by atoms with Gasteiger partial charge in [0, 0.05) is 11.1 Å². The summed E-state index contributed by atoms with van der Waals surface area (Å²) in [6.45, 7) is 10.1. The number of hydroxylamine groups is 2. The van der Waals surface area contributed by atoms with Gasteiger partial charge in [0.05, 0.1) is 6.04 Å². The maximum absolute atomic E-state index is 13.0. The van der Waals surface area contributed by atoms with Crippen molar-refractivity contribution in [2.45, 2.75) is 58.5 Å². The Balaban J connectivity index is 2.41. The van der Waals surface area contributed by atoms with Crippen molar-refractivity contribution in [3.63, 3.8) is 0 Å². The summed E-state index contributed by atoms with van der Waals surface area (Å²) in [5.74, 6) is 0.453. The van der Waals surface area contributed by atoms with E-state index in [9.17, 15) is 10.0 Å². The van der Waals surface area contributed by atoms with Gasteiger partial charge in [-0.15, -0.1) is 10.3 Å². The lowest BCUT2D eigenvalue weighted by molar-refractivity contribution is -0.241. The minimum atomic E-state index is -0.516. The fraction of sp³-hybridized carbons (Fsp3) is 0.409. The molecule has 1 atom stereocenters. The molecule has 0 saturated heterocycles. The zero-order valence-corrected chi connectivity index (χ0v) is 15.8. The van der Waals surface area contributed by atoms with E-state index in [1.54, 1.807) is 6.07 Å². The van der Waals surface area contributed by atoms with Crippen molar-refractivity contribution in [1.29, 1.82) is 0 Å². The summed E-state index contributed by atoms with van der Waals surface area (Å²) < 4.78 is 0. The van der Waals surface area contributed by atoms with Gasteiger partial charge in [0.25, 0.3) is 0 Å². The molecule has 0 bridgehead atoms. The van der Waals surface area contributed by atoms with Crippen LogP contribution in [0.2, 0.25) is 0 Å². The van der Waals surface area contributed by atoms with E-state index in [-0.39, 0.29) is 6.04 Å². The maximum atomic E-state index is 13.0. The molecule has 0 heterocycles. The number of hydrogen-bond donors (Lipinski definition) is 0. The lowest BCUT2D eigenvalue weighted by atomic mass is 9.91. The molecule has 3 nitrogen and oxygen atoms in total. The molecule has 2 rings (SSSR count). The number of carbonyl (C=O) groups is 1. The lowest BCUT2D eigenvalue weighted by Crippen LogP contribution is -2.41. The molecular formula is C22H28NO2. The Hall–Kier alpha value is -1.97. The van der Waals surface area contributed by atoms with Crippen molar-refractivity contribution in [2.75, 3.05) is 0 Å². The smallest absolute Gasteiger partial charge is 0.150 e. The summed E-state index contributed by atoms with van der Waals surface area (Å²) in [6, 6.07) is 15.4. The average Bonchev–Trinajstić information content (AvgIpc) is 2.58. The third-order valence-corrected chi connectivity index (χ3v) is 4.53. The molecule has 2 aromatic rings. The highest BCUT2D eigenvalue weighted by Gasteiger charge is 2.31. The van der Waals surface area contributed by atoms with Gasteiger partial charge >= 0.3 is 0 Å². The normalized spacial score (nSPS) is 13.3. The van der Waals surface area contributed by atoms with Crippen molar-refractivity contribution in [2.24, 2.45) is 0 Å². The molecular weight excluding hydrogens is 310 g/mol. The summed E-state index contributed by atoms with van der Waals surface area (Å²) in [5, 5.41) is 14.2. The molecule has 1 radical (unpaired) electrons. The second kappa shape index (κ2) is 7.94. The van der Waals surface area contributed by atoms with Gasteiger partial charge in [-0.25, -0.2) is 0 Å². The molecule has 0 fully saturated rings. The highest BCUT2D eigenvalue weighted by atomic mass is 16.5. The molecule has 0 aromatic heterocycles. The van der Waals surface area contributed by atoms with E-state index in [0.717, 1.165) is 22.5 Å². The summed E-state index contributed by atoms with van der Waals surface area (Å²) in [6.07, 6.45) is 1.37. The maximum Gasteiger partial charge on any atom is 0.150 e. The van der Waals surface area contributed by atoms with Gasteiger partial charge < -0.3 is 0 Å². The summed E-state index contributed by atoms with van der Waals surface area (Å²) in [4.78, 5) is 11.3. The Morgan fingerprint density at radius 3 is 2.04 bits per heavy atom. The summed E-state index contributed by atoms with van der Waals surface area (Å²) >= 11 is 0. The van der Waals surface area contributed by atoms with E-state index >= 15 is 0 Å². The van der Waals surface area contributed by atoms with Crippen LogP contribution in [0, 0.1) is 0 Å². The Morgan fingerprint density at radius 1 is 0.960 bits per heavy atom. The summed E-state index contributed by atoms with van der Waals surface area (Å²) in [7, 11) is 0. The Labute approximate surface area is 151 Å². The van der Waals surface area contributed by atoms with Crippen molar-refractivity contribution in [1.82, 2.24) is 5.06 Å². The standard InChI is InChI=1S/C22H28NO2/c1-16(2)17-10-12-18(13-11-17)21(23(25)22(3,4)5)14-19-8-6-7-9-20(19)15-24/h6-13,15-16,21H,14H2,1-5H3. The van der Waals surface area contributed by atoms with Crippen molar-refractivity contribution in [3.05, 3.63) is 70.8 Å². The van der Waals surface area contributed by atoms with Crippen LogP contribution in [0.4, 0.5) is 0 Å². The van der Waals surface area contributed by atoms with E-state index in [0.29, 0.717) is 17.9 Å². The van der Waals surface area contributed by atoms with Gasteiger partial charge in [-0.1, -0.05) is 62.4 Å². The molecule has 0 spiro atoms. The first-order chi connectivity index (χ1) is 11.7. The fourth-order valence-electron chi connectivity index (χ4n) is 2.95. The number of hydrogen-bond acceptors (Lipinski definition) is 2. The van der Waals surface area contributed by atoms with E-state index in [1.807, 2.05) is 51.1 Å². The third kappa shape index (κ3) is 4.77. The topological polar surface area (TPSA) is 40.2 Å². The first-order valence-electron chi connectivity index (χ1n) is 8.83. The first kappa shape index (κ1) is 19.4. The second-order valence-corrected chi connectivity index (χ2v) is 7.85. The molecule has 1 unspecified atom stereocenters. The Bertz CT molecular complexity index is 699. The Morgan fingerprint density at radius 2 is 1.52 bits per heavy atom. The molecule has 0 aliphatic carbocycles. The largest absolute Gasteiger partial charge is 0.298 e. The van der Waals surface area contributed by atoms with Gasteiger partial charge in [-0.05, 0) is 49.8 Å². The second-order valence-electron chi connectivity index (χ2n) is 7.85. The molecule has 133 valence electrons. The number of nitrogens with zero attached hydrogens (tertiary/aromatic N) is 1. The third-order valence-electron chi connectivity index (χ3n) is 4.53. The van der Waals surface area contributed by atoms with E-state index in [4.69, 9.17) is 0 Å². The number of aldehydes is 1. The van der Waals surface area contributed by atoms with Crippen molar-refractivity contribution in [3.8, 4) is 0 Å². The SMILES string of the molecule is CC(C)c1ccc(C(Cc2ccccc2C=O)N([O])C(C)(C)C)cc1. The average molecular weight is 338 g/mol. The minimum Gasteiger partial charge on any atom is -0.298 e. The van der Waals surface area contributed by atoms with Crippen LogP contribution in [0.25, 0.3) is 0 Å². The number of benzene rings is 2. The first-order valence-corrected chi connectivity index (χ1v) is 8.83. The fourth-order valence-corrected chi connectivity index (χ4v) is 2.95. The van der Waals surface area contributed by atoms with Crippen LogP contribution in [-0.4, -0.2) is 16.9 Å². The van der Waals surface area contributed by atoms with E-state index in [2.05, 4.69) is 26.0 Å². The predicted octanol–water partition coefficient (Wildman–Crippen LogP) is 5.35. The van der Waals surface area contributed by atoms with Gasteiger partial charge in [-0.3, -0.25) is 4.79 Å². The zero-order valence-electron chi connectivity index (χ0n) is 15.8. The van der Waals surface area contributed by atoms with Crippen LogP contribution < -0.4 is 0 Å². The van der Waals surface area contributed by atoms with Gasteiger partial charge in [0.15, 0.2) is 0 Å². The Kier molecular flexibility index (Phi) is 6.15. The number of rotatable bonds is 6. The van der Waals surface area contributed by atoms with Gasteiger partial charge in [0.1, 0.15) is 6.29 Å². The van der Waals surface area contributed by atoms with Crippen LogP contribution in [0.15, 0.2) is 48.5 Å². The molecule has 0 saturated carbocycles. The van der Waals surface area contributed by atoms with Crippen LogP contribution in [0.1, 0.15) is 73.6 Å². The zero-order chi connectivity index (χ0) is 18.6. The van der Waals surface area contributed by atoms with Crippen LogP contribution >= 0.6 is 0 Å². The van der Waals surface area contributed by atoms with Gasteiger partial charge in [-0.2, -0.15) is 0 Å². The summed E-state index contributed by atoms with van der Waals surface area (Å²) in [5.41, 5.74) is 3.27. The molecule has 0 aliphatic heterocycles. The molecule has 2 aromatic carbocycles. The highest BCUT2D eigenvalue weighted by molar-refractivity contribution is 5.77. The molecule has 25 heavy (non-hydrogen) atoms. The molecule has 0 N–H and O–H groups in total. The number of carbonyl (C=O) groups excluding carboxylic acids is 1. The van der Waals surface area contributed by atoms with Crippen LogP contribution in [0.5, 0.6) is 0 Å².